The third-order valence-electron chi connectivity index (χ3n) is 5.84. The summed E-state index contributed by atoms with van der Waals surface area (Å²) in [6, 6.07) is 11.0. The maximum Gasteiger partial charge on any atom is 0.224 e. The lowest BCUT2D eigenvalue weighted by Gasteiger charge is -2.29. The summed E-state index contributed by atoms with van der Waals surface area (Å²) in [7, 11) is 0. The molecule has 3 rings (SSSR count). The number of benzene rings is 1. The van der Waals surface area contributed by atoms with E-state index in [-0.39, 0.29) is 27.6 Å². The van der Waals surface area contributed by atoms with Crippen molar-refractivity contribution in [1.82, 2.24) is 5.32 Å². The van der Waals surface area contributed by atoms with Crippen molar-refractivity contribution in [3.05, 3.63) is 46.5 Å². The van der Waals surface area contributed by atoms with Crippen LogP contribution in [0.2, 0.25) is 0 Å². The van der Waals surface area contributed by atoms with Gasteiger partial charge in [-0.3, -0.25) is 4.79 Å². The molecule has 2 saturated carbocycles. The number of amides is 1. The van der Waals surface area contributed by atoms with Crippen molar-refractivity contribution in [1.29, 1.82) is 0 Å². The van der Waals surface area contributed by atoms with Crippen LogP contribution in [-0.2, 0) is 4.79 Å². The molecule has 0 aromatic heterocycles. The zero-order valence-corrected chi connectivity index (χ0v) is 15.8. The number of rotatable bonds is 4. The fourth-order valence-corrected chi connectivity index (χ4v) is 4.48. The molecule has 0 radical (unpaired) electrons. The first kappa shape index (κ1) is 17.8. The molecule has 24 heavy (non-hydrogen) atoms. The summed E-state index contributed by atoms with van der Waals surface area (Å²) in [5.41, 5.74) is 1.37. The monoisotopic (exact) mass is 365 g/mol. The van der Waals surface area contributed by atoms with Gasteiger partial charge < -0.3 is 5.32 Å². The maximum absolute atomic E-state index is 12.6. The molecule has 0 saturated heterocycles. The van der Waals surface area contributed by atoms with E-state index in [0.29, 0.717) is 12.0 Å². The zero-order chi connectivity index (χ0) is 17.3. The van der Waals surface area contributed by atoms with Gasteiger partial charge in [0.1, 0.15) is 4.49 Å². The molecule has 1 aromatic carbocycles. The highest BCUT2D eigenvalue weighted by Gasteiger charge is 2.60. The summed E-state index contributed by atoms with van der Waals surface area (Å²) >= 11 is 11.5. The van der Waals surface area contributed by atoms with E-state index in [2.05, 4.69) is 49.5 Å². The van der Waals surface area contributed by atoms with Crippen LogP contribution in [0.1, 0.15) is 51.0 Å². The molecule has 1 aromatic rings. The zero-order valence-electron chi connectivity index (χ0n) is 14.3. The van der Waals surface area contributed by atoms with Crippen molar-refractivity contribution in [2.45, 2.75) is 51.5 Å². The molecule has 1 N–H and O–H groups in total. The number of hydrogen-bond acceptors (Lipinski definition) is 1. The Morgan fingerprint density at radius 1 is 1.12 bits per heavy atom. The van der Waals surface area contributed by atoms with Crippen LogP contribution in [0, 0.1) is 17.3 Å². The first-order chi connectivity index (χ1) is 11.4. The molecule has 130 valence electrons. The van der Waals surface area contributed by atoms with Crippen LogP contribution in [0.3, 0.4) is 0 Å². The number of carbonyl (C=O) groups is 1. The molecule has 2 atom stereocenters. The van der Waals surface area contributed by atoms with Crippen LogP contribution in [0.15, 0.2) is 40.9 Å². The molecule has 0 spiro atoms. The average molecular weight is 366 g/mol. The largest absolute Gasteiger partial charge is 0.353 e. The van der Waals surface area contributed by atoms with Crippen molar-refractivity contribution in [2.75, 3.05) is 0 Å². The molecule has 4 heteroatoms. The Morgan fingerprint density at radius 2 is 1.75 bits per heavy atom. The van der Waals surface area contributed by atoms with E-state index in [0.717, 1.165) is 25.7 Å². The van der Waals surface area contributed by atoms with Crippen molar-refractivity contribution in [3.63, 3.8) is 0 Å². The summed E-state index contributed by atoms with van der Waals surface area (Å²) < 4.78 is 0.256. The van der Waals surface area contributed by atoms with Crippen molar-refractivity contribution in [2.24, 2.45) is 17.3 Å². The van der Waals surface area contributed by atoms with Gasteiger partial charge in [-0.1, -0.05) is 67.4 Å². The number of hydrogen-bond donors (Lipinski definition) is 1. The van der Waals surface area contributed by atoms with Gasteiger partial charge in [-0.2, -0.15) is 0 Å². The van der Waals surface area contributed by atoms with Gasteiger partial charge in [0.05, 0.1) is 5.92 Å². The molecule has 1 amide bonds. The molecule has 2 fully saturated rings. The van der Waals surface area contributed by atoms with Crippen molar-refractivity contribution < 1.29 is 4.79 Å². The van der Waals surface area contributed by atoms with E-state index in [1.54, 1.807) is 6.08 Å². The van der Waals surface area contributed by atoms with E-state index in [1.165, 1.54) is 5.56 Å². The number of nitrogens with one attached hydrogen (secondary N) is 1. The standard InChI is InChI=1S/C20H25Cl2NO/c1-20(2)16(12-17(21)22)18(20)19(24)23-15-10-8-14(9-11-15)13-6-4-3-5-7-13/h3-7,12,14-16,18H,8-11H2,1-2H3,(H,23,24). The smallest absolute Gasteiger partial charge is 0.224 e. The SMILES string of the molecule is CC1(C)C(C=C(Cl)Cl)C1C(=O)NC1CCC(c2ccccc2)CC1. The summed E-state index contributed by atoms with van der Waals surface area (Å²) in [5.74, 6) is 0.904. The second-order valence-corrected chi connectivity index (χ2v) is 8.76. The van der Waals surface area contributed by atoms with Gasteiger partial charge in [0, 0.05) is 6.04 Å². The van der Waals surface area contributed by atoms with Gasteiger partial charge in [0.25, 0.3) is 0 Å². The second kappa shape index (κ2) is 7.09. The second-order valence-electron chi connectivity index (χ2n) is 7.75. The van der Waals surface area contributed by atoms with Crippen molar-refractivity contribution >= 4 is 29.1 Å². The van der Waals surface area contributed by atoms with Crippen LogP contribution >= 0.6 is 23.2 Å². The summed E-state index contributed by atoms with van der Waals surface area (Å²) in [5, 5.41) is 3.26. The lowest BCUT2D eigenvalue weighted by atomic mass is 9.81. The fraction of sp³-hybridized carbons (Fsp3) is 0.550. The van der Waals surface area contributed by atoms with Crippen LogP contribution in [-0.4, -0.2) is 11.9 Å². The Bertz CT molecular complexity index is 614. The van der Waals surface area contributed by atoms with Gasteiger partial charge in [0.15, 0.2) is 0 Å². The molecule has 2 aliphatic rings. The fourth-order valence-electron chi connectivity index (χ4n) is 4.21. The summed E-state index contributed by atoms with van der Waals surface area (Å²) in [4.78, 5) is 12.6. The van der Waals surface area contributed by atoms with Gasteiger partial charge in [-0.25, -0.2) is 0 Å². The highest BCUT2D eigenvalue weighted by molar-refractivity contribution is 6.55. The summed E-state index contributed by atoms with van der Waals surface area (Å²) in [6.45, 7) is 4.20. The van der Waals surface area contributed by atoms with Gasteiger partial charge in [-0.05, 0) is 54.6 Å². The molecular formula is C20H25Cl2NO. The third-order valence-corrected chi connectivity index (χ3v) is 6.10. The van der Waals surface area contributed by atoms with E-state index >= 15 is 0 Å². The van der Waals surface area contributed by atoms with Gasteiger partial charge in [0.2, 0.25) is 5.91 Å². The molecule has 0 heterocycles. The van der Waals surface area contributed by atoms with Crippen LogP contribution in [0.5, 0.6) is 0 Å². The topological polar surface area (TPSA) is 29.1 Å². The van der Waals surface area contributed by atoms with Crippen LogP contribution in [0.4, 0.5) is 0 Å². The van der Waals surface area contributed by atoms with Gasteiger partial charge in [-0.15, -0.1) is 0 Å². The Hall–Kier alpha value is -0.990. The number of halogens is 2. The normalized spacial score (nSPS) is 31.2. The highest BCUT2D eigenvalue weighted by Crippen LogP contribution is 2.59. The van der Waals surface area contributed by atoms with Gasteiger partial charge >= 0.3 is 0 Å². The van der Waals surface area contributed by atoms with E-state index in [4.69, 9.17) is 23.2 Å². The quantitative estimate of drug-likeness (QED) is 0.757. The van der Waals surface area contributed by atoms with E-state index in [1.807, 2.05) is 0 Å². The first-order valence-corrected chi connectivity index (χ1v) is 9.53. The Kier molecular flexibility index (Phi) is 5.27. The minimum absolute atomic E-state index is 0.0168. The molecular weight excluding hydrogens is 341 g/mol. The van der Waals surface area contributed by atoms with E-state index < -0.39 is 0 Å². The Balaban J connectivity index is 1.52. The maximum atomic E-state index is 12.6. The lowest BCUT2D eigenvalue weighted by Crippen LogP contribution is -2.39. The molecule has 2 nitrogen and oxygen atoms in total. The molecule has 2 aliphatic carbocycles. The Morgan fingerprint density at radius 3 is 2.33 bits per heavy atom. The molecule has 0 aliphatic heterocycles. The average Bonchev–Trinajstić information content (AvgIpc) is 3.08. The van der Waals surface area contributed by atoms with E-state index in [9.17, 15) is 4.79 Å². The van der Waals surface area contributed by atoms with Crippen molar-refractivity contribution in [3.8, 4) is 0 Å². The minimum atomic E-state index is -0.0552. The number of carbonyl (C=O) groups excluding carboxylic acids is 1. The molecule has 2 unspecified atom stereocenters. The third kappa shape index (κ3) is 3.81. The Labute approximate surface area is 154 Å². The summed E-state index contributed by atoms with van der Waals surface area (Å²) in [6.07, 6.45) is 6.18. The van der Waals surface area contributed by atoms with Crippen LogP contribution in [0.25, 0.3) is 0 Å². The first-order valence-electron chi connectivity index (χ1n) is 8.77. The predicted octanol–water partition coefficient (Wildman–Crippen LogP) is 5.42. The molecule has 0 bridgehead atoms. The number of allylic oxidation sites excluding steroid dienone is 1. The highest BCUT2D eigenvalue weighted by atomic mass is 35.5. The predicted molar refractivity (Wildman–Crippen MR) is 100 cm³/mol. The minimum Gasteiger partial charge on any atom is -0.353 e. The lowest BCUT2D eigenvalue weighted by molar-refractivity contribution is -0.124. The van der Waals surface area contributed by atoms with Crippen LogP contribution < -0.4 is 5.32 Å².